The fraction of sp³-hybridized carbons (Fsp3) is 1.00. The lowest BCUT2D eigenvalue weighted by molar-refractivity contribution is -0.577. The number of hydrogen-bond donors (Lipinski definition) is 1. The maximum absolute atomic E-state index is 9.87. The molecule has 0 amide bonds. The quantitative estimate of drug-likeness (QED) is 0.801. The molecule has 5 rings (SSSR count). The molecule has 1 spiro atoms. The van der Waals surface area contributed by atoms with E-state index in [2.05, 4.69) is 6.92 Å². The largest absolute Gasteiger partial charge is 0.396 e. The smallest absolute Gasteiger partial charge is 0.201 e. The van der Waals surface area contributed by atoms with Crippen molar-refractivity contribution in [3.63, 3.8) is 0 Å². The number of ether oxygens (including phenoxy) is 3. The molecule has 1 aliphatic carbocycles. The SMILES string of the molecule is CCO[C@H]1O[C@@H]2O[C@@]3(C)CC[C@H]4[C@H](CO)CC[C@@H]([C@H]1C)[C@@]24OO3. The van der Waals surface area contributed by atoms with Crippen molar-refractivity contribution in [2.45, 2.75) is 70.4 Å². The summed E-state index contributed by atoms with van der Waals surface area (Å²) in [5.74, 6) is 0.0532. The summed E-state index contributed by atoms with van der Waals surface area (Å²) in [7, 11) is 0. The molecule has 2 bridgehead atoms. The van der Waals surface area contributed by atoms with Crippen molar-refractivity contribution in [1.82, 2.24) is 0 Å². The van der Waals surface area contributed by atoms with Gasteiger partial charge in [-0.25, -0.2) is 9.78 Å². The van der Waals surface area contributed by atoms with Gasteiger partial charge in [0.1, 0.15) is 0 Å². The van der Waals surface area contributed by atoms with E-state index in [1.165, 1.54) is 0 Å². The highest BCUT2D eigenvalue weighted by atomic mass is 17.3. The van der Waals surface area contributed by atoms with E-state index in [-0.39, 0.29) is 36.6 Å². The Hall–Kier alpha value is -0.240. The molecule has 1 N–H and O–H groups in total. The number of fused-ring (bicyclic) bond motifs is 2. The van der Waals surface area contributed by atoms with Crippen molar-refractivity contribution in [3.05, 3.63) is 0 Å². The second-order valence-corrected chi connectivity index (χ2v) is 7.69. The minimum atomic E-state index is -0.783. The third-order valence-corrected chi connectivity index (χ3v) is 6.46. The summed E-state index contributed by atoms with van der Waals surface area (Å²) >= 11 is 0. The second-order valence-electron chi connectivity index (χ2n) is 7.69. The van der Waals surface area contributed by atoms with Crippen LogP contribution in [0, 0.1) is 23.7 Å². The third-order valence-electron chi connectivity index (χ3n) is 6.46. The first-order chi connectivity index (χ1) is 11.0. The second kappa shape index (κ2) is 5.64. The molecule has 6 heteroatoms. The van der Waals surface area contributed by atoms with E-state index >= 15 is 0 Å². The molecular weight excluding hydrogens is 300 g/mol. The van der Waals surface area contributed by atoms with Gasteiger partial charge in [-0.3, -0.25) is 0 Å². The van der Waals surface area contributed by atoms with Gasteiger partial charge in [-0.15, -0.1) is 0 Å². The first kappa shape index (κ1) is 16.2. The van der Waals surface area contributed by atoms with Gasteiger partial charge in [-0.2, -0.15) is 0 Å². The summed E-state index contributed by atoms with van der Waals surface area (Å²) in [6.45, 7) is 6.83. The summed E-state index contributed by atoms with van der Waals surface area (Å²) in [5, 5.41) is 9.87. The van der Waals surface area contributed by atoms with Crippen LogP contribution in [0.25, 0.3) is 0 Å². The van der Waals surface area contributed by atoms with Gasteiger partial charge in [0.05, 0.1) is 0 Å². The van der Waals surface area contributed by atoms with Crippen LogP contribution in [0.3, 0.4) is 0 Å². The lowest BCUT2D eigenvalue weighted by Gasteiger charge is -2.60. The number of aliphatic hydroxyl groups is 1. The average Bonchev–Trinajstić information content (AvgIpc) is 2.77. The van der Waals surface area contributed by atoms with E-state index < -0.39 is 17.7 Å². The minimum absolute atomic E-state index is 0.176. The predicted molar refractivity (Wildman–Crippen MR) is 79.9 cm³/mol. The van der Waals surface area contributed by atoms with Gasteiger partial charge >= 0.3 is 0 Å². The summed E-state index contributed by atoms with van der Waals surface area (Å²) in [4.78, 5) is 11.8. The van der Waals surface area contributed by atoms with Gasteiger partial charge in [0.2, 0.25) is 5.79 Å². The molecule has 1 saturated carbocycles. The molecule has 4 aliphatic heterocycles. The minimum Gasteiger partial charge on any atom is -0.396 e. The van der Waals surface area contributed by atoms with Crippen molar-refractivity contribution in [2.24, 2.45) is 23.7 Å². The van der Waals surface area contributed by atoms with E-state index in [1.54, 1.807) is 0 Å². The van der Waals surface area contributed by atoms with Gasteiger partial charge in [0, 0.05) is 37.4 Å². The van der Waals surface area contributed by atoms with E-state index in [0.29, 0.717) is 6.61 Å². The molecular formula is C17H28O6. The zero-order chi connectivity index (χ0) is 16.2. The van der Waals surface area contributed by atoms with Crippen LogP contribution in [0.2, 0.25) is 0 Å². The molecule has 4 saturated heterocycles. The maximum Gasteiger partial charge on any atom is 0.201 e. The zero-order valence-electron chi connectivity index (χ0n) is 14.2. The van der Waals surface area contributed by atoms with Crippen LogP contribution in [0.4, 0.5) is 0 Å². The van der Waals surface area contributed by atoms with Crippen LogP contribution < -0.4 is 0 Å². The molecule has 4 heterocycles. The average molecular weight is 328 g/mol. The Morgan fingerprint density at radius 1 is 1.17 bits per heavy atom. The van der Waals surface area contributed by atoms with E-state index in [0.717, 1.165) is 25.7 Å². The lowest BCUT2D eigenvalue weighted by Crippen LogP contribution is -2.70. The molecule has 5 aliphatic rings. The highest BCUT2D eigenvalue weighted by Crippen LogP contribution is 2.60. The van der Waals surface area contributed by atoms with Crippen LogP contribution in [-0.4, -0.2) is 42.3 Å². The van der Waals surface area contributed by atoms with Crippen LogP contribution in [0.1, 0.15) is 46.5 Å². The zero-order valence-corrected chi connectivity index (χ0v) is 14.2. The Kier molecular flexibility index (Phi) is 3.99. The molecule has 0 aromatic heterocycles. The fourth-order valence-corrected chi connectivity index (χ4v) is 5.27. The Balaban J connectivity index is 1.75. The van der Waals surface area contributed by atoms with Crippen molar-refractivity contribution in [2.75, 3.05) is 13.2 Å². The standard InChI is InChI=1S/C17H28O6/c1-4-19-14-10(2)12-6-5-11(9-18)13-7-8-16(3)21-15(20-14)17(12,13)23-22-16/h10-15,18H,4-9H2,1-3H3/t10-,11+,12+,13+,14+,15-,16-,17+/m1/s1. The first-order valence-electron chi connectivity index (χ1n) is 8.96. The fourth-order valence-electron chi connectivity index (χ4n) is 5.27. The molecule has 132 valence electrons. The van der Waals surface area contributed by atoms with Crippen LogP contribution in [0.15, 0.2) is 0 Å². The normalized spacial score (nSPS) is 55.3. The van der Waals surface area contributed by atoms with E-state index in [1.807, 2.05) is 13.8 Å². The molecule has 8 atom stereocenters. The first-order valence-corrected chi connectivity index (χ1v) is 8.96. The molecule has 0 aromatic carbocycles. The van der Waals surface area contributed by atoms with Gasteiger partial charge < -0.3 is 19.3 Å². The molecule has 0 aromatic rings. The van der Waals surface area contributed by atoms with E-state index in [9.17, 15) is 5.11 Å². The highest BCUT2D eigenvalue weighted by molar-refractivity contribution is 5.09. The van der Waals surface area contributed by atoms with Crippen molar-refractivity contribution in [3.8, 4) is 0 Å². The van der Waals surface area contributed by atoms with Crippen LogP contribution in [0.5, 0.6) is 0 Å². The summed E-state index contributed by atoms with van der Waals surface area (Å²) in [6, 6.07) is 0. The van der Waals surface area contributed by atoms with Crippen molar-refractivity contribution >= 4 is 0 Å². The van der Waals surface area contributed by atoms with Crippen LogP contribution >= 0.6 is 0 Å². The van der Waals surface area contributed by atoms with Gasteiger partial charge in [-0.1, -0.05) is 6.92 Å². The molecule has 23 heavy (non-hydrogen) atoms. The number of rotatable bonds is 3. The van der Waals surface area contributed by atoms with Gasteiger partial charge in [0.15, 0.2) is 18.2 Å². The maximum atomic E-state index is 9.87. The summed E-state index contributed by atoms with van der Waals surface area (Å²) in [5.41, 5.74) is -0.630. The Bertz CT molecular complexity index is 454. The third kappa shape index (κ3) is 2.23. The van der Waals surface area contributed by atoms with Crippen molar-refractivity contribution < 1.29 is 29.1 Å². The van der Waals surface area contributed by atoms with E-state index in [4.69, 9.17) is 24.0 Å². The van der Waals surface area contributed by atoms with Crippen molar-refractivity contribution in [1.29, 1.82) is 0 Å². The topological polar surface area (TPSA) is 66.4 Å². The van der Waals surface area contributed by atoms with Gasteiger partial charge in [0.25, 0.3) is 0 Å². The monoisotopic (exact) mass is 328 g/mol. The Labute approximate surface area is 137 Å². The highest BCUT2D eigenvalue weighted by Gasteiger charge is 2.69. The Morgan fingerprint density at radius 3 is 2.74 bits per heavy atom. The number of aliphatic hydroxyl groups excluding tert-OH is 1. The Morgan fingerprint density at radius 2 is 2.00 bits per heavy atom. The van der Waals surface area contributed by atoms with Gasteiger partial charge in [-0.05, 0) is 39.0 Å². The molecule has 0 unspecified atom stereocenters. The van der Waals surface area contributed by atoms with Crippen LogP contribution in [-0.2, 0) is 24.0 Å². The number of hydrogen-bond acceptors (Lipinski definition) is 6. The molecule has 6 nitrogen and oxygen atoms in total. The molecule has 5 fully saturated rings. The summed E-state index contributed by atoms with van der Waals surface area (Å²) in [6.07, 6.45) is 2.86. The summed E-state index contributed by atoms with van der Waals surface area (Å²) < 4.78 is 18.2. The lowest BCUT2D eigenvalue weighted by atomic mass is 9.58. The molecule has 0 radical (unpaired) electrons. The predicted octanol–water partition coefficient (Wildman–Crippen LogP) is 2.20.